The number of nitrogens with two attached hydrogens (primary N) is 1. The van der Waals surface area contributed by atoms with Crippen molar-refractivity contribution in [3.8, 4) is 0 Å². The summed E-state index contributed by atoms with van der Waals surface area (Å²) in [5, 5.41) is 1.72. The van der Waals surface area contributed by atoms with Crippen LogP contribution in [0.3, 0.4) is 0 Å². The summed E-state index contributed by atoms with van der Waals surface area (Å²) in [5.74, 6) is 0. The van der Waals surface area contributed by atoms with Gasteiger partial charge in [-0.15, -0.1) is 0 Å². The van der Waals surface area contributed by atoms with Crippen molar-refractivity contribution in [2.45, 2.75) is 17.0 Å². The molecule has 0 aromatic carbocycles. The summed E-state index contributed by atoms with van der Waals surface area (Å²) in [7, 11) is 0. The fourth-order valence-corrected chi connectivity index (χ4v) is 2.01. The van der Waals surface area contributed by atoms with Crippen molar-refractivity contribution in [2.24, 2.45) is 0 Å². The van der Waals surface area contributed by atoms with Crippen LogP contribution in [-0.4, -0.2) is 9.97 Å². The van der Waals surface area contributed by atoms with E-state index in [9.17, 15) is 0 Å². The Hall–Kier alpha value is -1.55. The molecule has 2 heterocycles. The number of anilines is 1. The molecule has 2 aromatic heterocycles. The number of aryl methyl sites for hydroxylation is 1. The minimum atomic E-state index is 0.686. The molecular formula is C11H11N3S. The zero-order chi connectivity index (χ0) is 10.7. The molecule has 4 heteroatoms. The molecule has 0 atom stereocenters. The van der Waals surface area contributed by atoms with Crippen LogP contribution in [0.1, 0.15) is 5.56 Å². The summed E-state index contributed by atoms with van der Waals surface area (Å²) in [6.45, 7) is 2.04. The topological polar surface area (TPSA) is 51.8 Å². The lowest BCUT2D eigenvalue weighted by Crippen LogP contribution is -1.91. The third-order valence-corrected chi connectivity index (χ3v) is 2.86. The molecule has 0 aliphatic rings. The molecule has 0 aliphatic carbocycles. The highest BCUT2D eigenvalue weighted by molar-refractivity contribution is 7.99. The van der Waals surface area contributed by atoms with Gasteiger partial charge in [0, 0.05) is 12.4 Å². The Bertz CT molecular complexity index is 471. The third kappa shape index (κ3) is 2.47. The molecule has 15 heavy (non-hydrogen) atoms. The standard InChI is InChI=1S/C11H11N3S/c1-8-4-6-13-10(7-8)15-11-9(12)3-2-5-14-11/h2-7H,12H2,1H3. The molecule has 2 aromatic rings. The summed E-state index contributed by atoms with van der Waals surface area (Å²) in [6, 6.07) is 7.64. The van der Waals surface area contributed by atoms with Crippen molar-refractivity contribution in [3.05, 3.63) is 42.2 Å². The molecule has 0 saturated carbocycles. The molecular weight excluding hydrogens is 206 g/mol. The first kappa shape index (κ1) is 9.98. The Kier molecular flexibility index (Phi) is 2.87. The van der Waals surface area contributed by atoms with E-state index in [2.05, 4.69) is 9.97 Å². The SMILES string of the molecule is Cc1ccnc(Sc2ncccc2N)c1. The van der Waals surface area contributed by atoms with Gasteiger partial charge >= 0.3 is 0 Å². The van der Waals surface area contributed by atoms with Crippen molar-refractivity contribution in [1.29, 1.82) is 0 Å². The minimum absolute atomic E-state index is 0.686. The van der Waals surface area contributed by atoms with Gasteiger partial charge < -0.3 is 5.73 Å². The molecule has 0 aliphatic heterocycles. The Morgan fingerprint density at radius 2 is 2.07 bits per heavy atom. The van der Waals surface area contributed by atoms with E-state index < -0.39 is 0 Å². The second-order valence-electron chi connectivity index (χ2n) is 3.17. The summed E-state index contributed by atoms with van der Waals surface area (Å²) in [4.78, 5) is 8.44. The molecule has 0 radical (unpaired) electrons. The maximum atomic E-state index is 5.80. The van der Waals surface area contributed by atoms with E-state index in [1.54, 1.807) is 12.4 Å². The van der Waals surface area contributed by atoms with Gasteiger partial charge in [0.05, 0.1) is 5.69 Å². The summed E-state index contributed by atoms with van der Waals surface area (Å²) in [6.07, 6.45) is 3.52. The smallest absolute Gasteiger partial charge is 0.125 e. The minimum Gasteiger partial charge on any atom is -0.397 e. The lowest BCUT2D eigenvalue weighted by atomic mass is 10.3. The fraction of sp³-hybridized carbons (Fsp3) is 0.0909. The van der Waals surface area contributed by atoms with E-state index in [4.69, 9.17) is 5.73 Å². The largest absolute Gasteiger partial charge is 0.397 e. The average molecular weight is 217 g/mol. The van der Waals surface area contributed by atoms with Crippen LogP contribution in [0.5, 0.6) is 0 Å². The average Bonchev–Trinajstić information content (AvgIpc) is 2.22. The molecule has 0 spiro atoms. The maximum Gasteiger partial charge on any atom is 0.125 e. The number of rotatable bonds is 2. The van der Waals surface area contributed by atoms with Crippen LogP contribution in [0.4, 0.5) is 5.69 Å². The lowest BCUT2D eigenvalue weighted by molar-refractivity contribution is 1.09. The van der Waals surface area contributed by atoms with Gasteiger partial charge in [-0.05, 0) is 48.5 Å². The molecule has 0 saturated heterocycles. The van der Waals surface area contributed by atoms with Gasteiger partial charge in [-0.1, -0.05) is 0 Å². The van der Waals surface area contributed by atoms with Crippen molar-refractivity contribution in [3.63, 3.8) is 0 Å². The van der Waals surface area contributed by atoms with Crippen LogP contribution < -0.4 is 5.73 Å². The quantitative estimate of drug-likeness (QED) is 0.839. The predicted molar refractivity (Wildman–Crippen MR) is 61.7 cm³/mol. The van der Waals surface area contributed by atoms with E-state index in [0.717, 1.165) is 10.1 Å². The maximum absolute atomic E-state index is 5.80. The number of hydrogen-bond donors (Lipinski definition) is 1. The zero-order valence-corrected chi connectivity index (χ0v) is 9.16. The van der Waals surface area contributed by atoms with E-state index in [-0.39, 0.29) is 0 Å². The zero-order valence-electron chi connectivity index (χ0n) is 8.34. The summed E-state index contributed by atoms with van der Waals surface area (Å²) >= 11 is 1.48. The summed E-state index contributed by atoms with van der Waals surface area (Å²) in [5.41, 5.74) is 7.66. The lowest BCUT2D eigenvalue weighted by Gasteiger charge is -2.03. The van der Waals surface area contributed by atoms with E-state index >= 15 is 0 Å². The normalized spacial score (nSPS) is 10.2. The van der Waals surface area contributed by atoms with Gasteiger partial charge in [-0.25, -0.2) is 9.97 Å². The highest BCUT2D eigenvalue weighted by Crippen LogP contribution is 2.28. The second kappa shape index (κ2) is 4.31. The number of hydrogen-bond acceptors (Lipinski definition) is 4. The van der Waals surface area contributed by atoms with Crippen LogP contribution in [-0.2, 0) is 0 Å². The van der Waals surface area contributed by atoms with Gasteiger partial charge in [0.1, 0.15) is 10.1 Å². The van der Waals surface area contributed by atoms with Crippen LogP contribution in [0.2, 0.25) is 0 Å². The first-order valence-corrected chi connectivity index (χ1v) is 5.38. The Balaban J connectivity index is 2.26. The van der Waals surface area contributed by atoms with Gasteiger partial charge in [0.25, 0.3) is 0 Å². The van der Waals surface area contributed by atoms with Crippen molar-refractivity contribution in [2.75, 3.05) is 5.73 Å². The highest BCUT2D eigenvalue weighted by atomic mass is 32.2. The second-order valence-corrected chi connectivity index (χ2v) is 4.18. The number of nitrogens with zero attached hydrogens (tertiary/aromatic N) is 2. The van der Waals surface area contributed by atoms with E-state index in [1.807, 2.05) is 31.2 Å². The van der Waals surface area contributed by atoms with Crippen LogP contribution in [0, 0.1) is 6.92 Å². The van der Waals surface area contributed by atoms with Crippen LogP contribution in [0.15, 0.2) is 46.7 Å². The van der Waals surface area contributed by atoms with Gasteiger partial charge in [-0.2, -0.15) is 0 Å². The van der Waals surface area contributed by atoms with E-state index in [0.29, 0.717) is 5.69 Å². The van der Waals surface area contributed by atoms with Gasteiger partial charge in [0.2, 0.25) is 0 Å². The monoisotopic (exact) mass is 217 g/mol. The Morgan fingerprint density at radius 3 is 2.80 bits per heavy atom. The number of pyridine rings is 2. The van der Waals surface area contributed by atoms with Gasteiger partial charge in [-0.3, -0.25) is 0 Å². The third-order valence-electron chi connectivity index (χ3n) is 1.89. The molecule has 76 valence electrons. The van der Waals surface area contributed by atoms with Crippen molar-refractivity contribution < 1.29 is 0 Å². The van der Waals surface area contributed by atoms with Crippen molar-refractivity contribution in [1.82, 2.24) is 9.97 Å². The van der Waals surface area contributed by atoms with E-state index in [1.165, 1.54) is 17.3 Å². The first-order chi connectivity index (χ1) is 7.25. The number of nitrogen functional groups attached to an aromatic ring is 1. The summed E-state index contributed by atoms with van der Waals surface area (Å²) < 4.78 is 0. The molecule has 0 amide bonds. The van der Waals surface area contributed by atoms with Crippen LogP contribution in [0.25, 0.3) is 0 Å². The Morgan fingerprint density at radius 1 is 1.20 bits per heavy atom. The first-order valence-electron chi connectivity index (χ1n) is 4.57. The highest BCUT2D eigenvalue weighted by Gasteiger charge is 2.03. The van der Waals surface area contributed by atoms with Crippen molar-refractivity contribution >= 4 is 17.4 Å². The molecule has 0 bridgehead atoms. The van der Waals surface area contributed by atoms with Crippen LogP contribution >= 0.6 is 11.8 Å². The Labute approximate surface area is 92.8 Å². The molecule has 2 N–H and O–H groups in total. The number of aromatic nitrogens is 2. The molecule has 2 rings (SSSR count). The molecule has 0 fully saturated rings. The fourth-order valence-electron chi connectivity index (χ4n) is 1.15. The van der Waals surface area contributed by atoms with Gasteiger partial charge in [0.15, 0.2) is 0 Å². The molecule has 0 unspecified atom stereocenters. The molecule has 3 nitrogen and oxygen atoms in total. The predicted octanol–water partition coefficient (Wildman–Crippen LogP) is 2.52.